The fraction of sp³-hybridized carbons (Fsp3) is 0.350. The van der Waals surface area contributed by atoms with Gasteiger partial charge in [-0.15, -0.1) is 0 Å². The minimum atomic E-state index is -4.53. The van der Waals surface area contributed by atoms with Crippen molar-refractivity contribution in [2.75, 3.05) is 6.61 Å². The molecular formula is C20H22F3NO2. The number of amides is 1. The second-order valence-corrected chi connectivity index (χ2v) is 7.01. The number of alkyl halides is 3. The number of carbonyl (C=O) groups is 1. The summed E-state index contributed by atoms with van der Waals surface area (Å²) in [5, 5.41) is 2.64. The van der Waals surface area contributed by atoms with Crippen LogP contribution in [0.5, 0.6) is 5.75 Å². The number of para-hydroxylation sites is 1. The van der Waals surface area contributed by atoms with Crippen LogP contribution in [-0.2, 0) is 22.9 Å². The largest absolute Gasteiger partial charge is 0.483 e. The second-order valence-electron chi connectivity index (χ2n) is 7.01. The number of hydrogen-bond donors (Lipinski definition) is 1. The molecule has 3 nitrogen and oxygen atoms in total. The van der Waals surface area contributed by atoms with E-state index in [1.165, 1.54) is 23.8 Å². The molecule has 0 saturated heterocycles. The van der Waals surface area contributed by atoms with E-state index in [2.05, 4.69) is 26.1 Å². The van der Waals surface area contributed by atoms with Gasteiger partial charge in [0, 0.05) is 6.54 Å². The summed E-state index contributed by atoms with van der Waals surface area (Å²) in [6.07, 6.45) is -4.53. The predicted molar refractivity (Wildman–Crippen MR) is 93.9 cm³/mol. The van der Waals surface area contributed by atoms with Crippen molar-refractivity contribution in [1.29, 1.82) is 0 Å². The van der Waals surface area contributed by atoms with E-state index in [0.29, 0.717) is 0 Å². The van der Waals surface area contributed by atoms with Crippen LogP contribution in [0, 0.1) is 0 Å². The fourth-order valence-electron chi connectivity index (χ4n) is 2.34. The van der Waals surface area contributed by atoms with Crippen LogP contribution in [0.3, 0.4) is 0 Å². The van der Waals surface area contributed by atoms with Gasteiger partial charge in [-0.05, 0) is 28.7 Å². The summed E-state index contributed by atoms with van der Waals surface area (Å²) in [5.41, 5.74) is 1.23. The Hall–Kier alpha value is -2.50. The Morgan fingerprint density at radius 2 is 1.62 bits per heavy atom. The van der Waals surface area contributed by atoms with Crippen molar-refractivity contribution in [1.82, 2.24) is 5.32 Å². The molecule has 6 heteroatoms. The number of carbonyl (C=O) groups excluding carboxylic acids is 1. The summed E-state index contributed by atoms with van der Waals surface area (Å²) in [6, 6.07) is 12.7. The van der Waals surface area contributed by atoms with E-state index in [0.717, 1.165) is 11.6 Å². The van der Waals surface area contributed by atoms with Crippen molar-refractivity contribution in [3.63, 3.8) is 0 Å². The van der Waals surface area contributed by atoms with Gasteiger partial charge in [-0.3, -0.25) is 4.79 Å². The summed E-state index contributed by atoms with van der Waals surface area (Å²) >= 11 is 0. The van der Waals surface area contributed by atoms with E-state index in [9.17, 15) is 18.0 Å². The molecule has 0 bridgehead atoms. The molecule has 26 heavy (non-hydrogen) atoms. The van der Waals surface area contributed by atoms with Gasteiger partial charge in [0.1, 0.15) is 5.75 Å². The van der Waals surface area contributed by atoms with E-state index in [1.54, 1.807) is 0 Å². The van der Waals surface area contributed by atoms with Crippen molar-refractivity contribution in [2.24, 2.45) is 0 Å². The van der Waals surface area contributed by atoms with E-state index in [4.69, 9.17) is 4.74 Å². The molecule has 0 aromatic heterocycles. The van der Waals surface area contributed by atoms with E-state index in [1.807, 2.05) is 24.3 Å². The highest BCUT2D eigenvalue weighted by Gasteiger charge is 2.34. The molecule has 0 aliphatic carbocycles. The van der Waals surface area contributed by atoms with Gasteiger partial charge in [0.2, 0.25) is 0 Å². The first-order valence-electron chi connectivity index (χ1n) is 8.22. The van der Waals surface area contributed by atoms with Crippen LogP contribution in [0.1, 0.15) is 37.5 Å². The molecular weight excluding hydrogens is 343 g/mol. The van der Waals surface area contributed by atoms with Crippen LogP contribution in [-0.4, -0.2) is 12.5 Å². The smallest absolute Gasteiger partial charge is 0.419 e. The number of halogens is 3. The monoisotopic (exact) mass is 365 g/mol. The number of rotatable bonds is 5. The molecule has 0 aliphatic heterocycles. The lowest BCUT2D eigenvalue weighted by Crippen LogP contribution is -2.28. The van der Waals surface area contributed by atoms with Crippen molar-refractivity contribution < 1.29 is 22.7 Å². The average Bonchev–Trinajstić information content (AvgIpc) is 2.57. The van der Waals surface area contributed by atoms with Crippen molar-refractivity contribution in [3.8, 4) is 5.75 Å². The molecule has 0 spiro atoms. The molecule has 0 aliphatic rings. The molecule has 0 heterocycles. The normalized spacial score (nSPS) is 11.9. The fourth-order valence-corrected chi connectivity index (χ4v) is 2.34. The van der Waals surface area contributed by atoms with Gasteiger partial charge < -0.3 is 10.1 Å². The van der Waals surface area contributed by atoms with E-state index >= 15 is 0 Å². The second kappa shape index (κ2) is 7.81. The standard InChI is InChI=1S/C20H22F3NO2/c1-19(2,3)15-10-8-14(9-11-15)12-24-18(25)13-26-17-7-5-4-6-16(17)20(21,22)23/h4-11H,12-13H2,1-3H3,(H,24,25). The van der Waals surface area contributed by atoms with Crippen LogP contribution in [0.4, 0.5) is 13.2 Å². The maximum absolute atomic E-state index is 12.9. The molecule has 0 unspecified atom stereocenters. The molecule has 0 fully saturated rings. The lowest BCUT2D eigenvalue weighted by Gasteiger charge is -2.19. The van der Waals surface area contributed by atoms with E-state index < -0.39 is 24.3 Å². The van der Waals surface area contributed by atoms with Gasteiger partial charge in [0.15, 0.2) is 6.61 Å². The van der Waals surface area contributed by atoms with Crippen molar-refractivity contribution in [3.05, 3.63) is 65.2 Å². The summed E-state index contributed by atoms with van der Waals surface area (Å²) in [4.78, 5) is 11.9. The zero-order valence-electron chi connectivity index (χ0n) is 15.0. The summed E-state index contributed by atoms with van der Waals surface area (Å²) < 4.78 is 43.7. The zero-order valence-corrected chi connectivity index (χ0v) is 15.0. The Labute approximate surface area is 151 Å². The maximum atomic E-state index is 12.9. The van der Waals surface area contributed by atoms with Crippen LogP contribution < -0.4 is 10.1 Å². The molecule has 140 valence electrons. The molecule has 2 aromatic rings. The van der Waals surface area contributed by atoms with E-state index in [-0.39, 0.29) is 17.7 Å². The first-order valence-corrected chi connectivity index (χ1v) is 8.22. The Morgan fingerprint density at radius 3 is 2.19 bits per heavy atom. The highest BCUT2D eigenvalue weighted by Crippen LogP contribution is 2.35. The average molecular weight is 365 g/mol. The van der Waals surface area contributed by atoms with Gasteiger partial charge in [-0.1, -0.05) is 57.2 Å². The van der Waals surface area contributed by atoms with Gasteiger partial charge in [-0.2, -0.15) is 13.2 Å². The first-order chi connectivity index (χ1) is 12.1. The maximum Gasteiger partial charge on any atom is 0.419 e. The Bertz CT molecular complexity index is 747. The van der Waals surface area contributed by atoms with Gasteiger partial charge in [-0.25, -0.2) is 0 Å². The topological polar surface area (TPSA) is 38.3 Å². The summed E-state index contributed by atoms with van der Waals surface area (Å²) in [6.45, 7) is 6.14. The van der Waals surface area contributed by atoms with Gasteiger partial charge in [0.25, 0.3) is 5.91 Å². The molecule has 1 amide bonds. The highest BCUT2D eigenvalue weighted by atomic mass is 19.4. The lowest BCUT2D eigenvalue weighted by atomic mass is 9.87. The van der Waals surface area contributed by atoms with Crippen LogP contribution >= 0.6 is 0 Å². The molecule has 0 radical (unpaired) electrons. The highest BCUT2D eigenvalue weighted by molar-refractivity contribution is 5.77. The number of hydrogen-bond acceptors (Lipinski definition) is 2. The van der Waals surface area contributed by atoms with Crippen LogP contribution in [0.2, 0.25) is 0 Å². The lowest BCUT2D eigenvalue weighted by molar-refractivity contribution is -0.139. The SMILES string of the molecule is CC(C)(C)c1ccc(CNC(=O)COc2ccccc2C(F)(F)F)cc1. The number of nitrogens with one attached hydrogen (secondary N) is 1. The Morgan fingerprint density at radius 1 is 1.00 bits per heavy atom. The van der Waals surface area contributed by atoms with Gasteiger partial charge in [0.05, 0.1) is 5.56 Å². The predicted octanol–water partition coefficient (Wildman–Crippen LogP) is 4.70. The molecule has 0 saturated carbocycles. The summed E-state index contributed by atoms with van der Waals surface area (Å²) in [5.74, 6) is -0.841. The quantitative estimate of drug-likeness (QED) is 0.834. The number of ether oxygens (including phenoxy) is 1. The van der Waals surface area contributed by atoms with Crippen LogP contribution in [0.15, 0.2) is 48.5 Å². The molecule has 2 aromatic carbocycles. The third kappa shape index (κ3) is 5.51. The van der Waals surface area contributed by atoms with Crippen molar-refractivity contribution >= 4 is 5.91 Å². The third-order valence-electron chi connectivity index (χ3n) is 3.86. The van der Waals surface area contributed by atoms with Crippen LogP contribution in [0.25, 0.3) is 0 Å². The minimum absolute atomic E-state index is 0.0431. The number of benzene rings is 2. The summed E-state index contributed by atoms with van der Waals surface area (Å²) in [7, 11) is 0. The van der Waals surface area contributed by atoms with Crippen molar-refractivity contribution in [2.45, 2.75) is 38.9 Å². The Kier molecular flexibility index (Phi) is 5.95. The Balaban J connectivity index is 1.89. The molecule has 0 atom stereocenters. The molecule has 1 N–H and O–H groups in total. The first kappa shape index (κ1) is 19.8. The molecule has 2 rings (SSSR count). The minimum Gasteiger partial charge on any atom is -0.483 e. The zero-order chi connectivity index (χ0) is 19.4. The third-order valence-corrected chi connectivity index (χ3v) is 3.86. The van der Waals surface area contributed by atoms with Gasteiger partial charge >= 0.3 is 6.18 Å².